The van der Waals surface area contributed by atoms with Crippen molar-refractivity contribution >= 4 is 22.1 Å². The minimum Gasteiger partial charge on any atom is -0.507 e. The molecule has 3 rings (SSSR count). The van der Waals surface area contributed by atoms with Crippen LogP contribution in [0.4, 0.5) is 0 Å². The zero-order valence-corrected chi connectivity index (χ0v) is 16.1. The first-order valence-corrected chi connectivity index (χ1v) is 10.2. The van der Waals surface area contributed by atoms with Gasteiger partial charge in [-0.05, 0) is 29.3 Å². The maximum absolute atomic E-state index is 12.5. The normalized spacial score (nSPS) is 11.4. The molecule has 0 unspecified atom stereocenters. The van der Waals surface area contributed by atoms with Gasteiger partial charge in [0.1, 0.15) is 5.75 Å². The maximum Gasteiger partial charge on any atom is 0.275 e. The van der Waals surface area contributed by atoms with Crippen molar-refractivity contribution in [2.75, 3.05) is 0 Å². The van der Waals surface area contributed by atoms with Crippen molar-refractivity contribution in [1.82, 2.24) is 10.1 Å². The molecule has 0 bridgehead atoms. The van der Waals surface area contributed by atoms with Crippen LogP contribution in [0.2, 0.25) is 0 Å². The van der Waals surface area contributed by atoms with E-state index in [2.05, 4.69) is 15.2 Å². The van der Waals surface area contributed by atoms with Gasteiger partial charge in [-0.15, -0.1) is 0 Å². The van der Waals surface area contributed by atoms with Gasteiger partial charge in [-0.25, -0.2) is 18.6 Å². The molecule has 0 fully saturated rings. The number of benzene rings is 3. The average Bonchev–Trinajstić information content (AvgIpc) is 2.74. The predicted octanol–water partition coefficient (Wildman–Crippen LogP) is 2.63. The minimum atomic E-state index is -3.87. The van der Waals surface area contributed by atoms with E-state index >= 15 is 0 Å². The van der Waals surface area contributed by atoms with Crippen LogP contribution in [0.25, 0.3) is 0 Å². The molecule has 0 radical (unpaired) electrons. The molecule has 0 saturated heterocycles. The van der Waals surface area contributed by atoms with Crippen molar-refractivity contribution in [2.24, 2.45) is 5.10 Å². The molecule has 0 atom stereocenters. The van der Waals surface area contributed by atoms with Crippen LogP contribution in [-0.4, -0.2) is 25.6 Å². The van der Waals surface area contributed by atoms with E-state index < -0.39 is 15.9 Å². The largest absolute Gasteiger partial charge is 0.507 e. The fourth-order valence-corrected chi connectivity index (χ4v) is 3.53. The van der Waals surface area contributed by atoms with Gasteiger partial charge in [0.15, 0.2) is 0 Å². The van der Waals surface area contributed by atoms with Gasteiger partial charge in [-0.3, -0.25) is 4.79 Å². The molecular weight excluding hydrogens is 390 g/mol. The maximum atomic E-state index is 12.5. The molecule has 0 aliphatic rings. The SMILES string of the molecule is O=C(N/N=C\c1ccccc1)c1cc(S(=O)(=O)NCc2ccccc2)ccc1O. The highest BCUT2D eigenvalue weighted by Crippen LogP contribution is 2.21. The lowest BCUT2D eigenvalue weighted by Crippen LogP contribution is -2.24. The van der Waals surface area contributed by atoms with Gasteiger partial charge in [-0.2, -0.15) is 5.10 Å². The molecular formula is C21H19N3O4S. The molecule has 0 spiro atoms. The van der Waals surface area contributed by atoms with Crippen LogP contribution < -0.4 is 10.1 Å². The number of hydrogen-bond acceptors (Lipinski definition) is 5. The molecule has 1 amide bonds. The lowest BCUT2D eigenvalue weighted by Gasteiger charge is -2.09. The van der Waals surface area contributed by atoms with Crippen LogP contribution >= 0.6 is 0 Å². The first kappa shape index (κ1) is 20.2. The summed E-state index contributed by atoms with van der Waals surface area (Å²) in [6.45, 7) is 0.104. The Kier molecular flexibility index (Phi) is 6.38. The van der Waals surface area contributed by atoms with E-state index in [4.69, 9.17) is 0 Å². The van der Waals surface area contributed by atoms with Crippen molar-refractivity contribution < 1.29 is 18.3 Å². The van der Waals surface area contributed by atoms with Gasteiger partial charge in [-0.1, -0.05) is 60.7 Å². The summed E-state index contributed by atoms with van der Waals surface area (Å²) < 4.78 is 27.5. The Labute approximate surface area is 168 Å². The Bertz CT molecular complexity index is 1120. The topological polar surface area (TPSA) is 108 Å². The summed E-state index contributed by atoms with van der Waals surface area (Å²) in [6.07, 6.45) is 1.44. The number of carbonyl (C=O) groups excluding carboxylic acids is 1. The molecule has 0 heterocycles. The van der Waals surface area contributed by atoms with Crippen LogP contribution in [0.15, 0.2) is 88.9 Å². The molecule has 3 aromatic carbocycles. The molecule has 29 heavy (non-hydrogen) atoms. The summed E-state index contributed by atoms with van der Waals surface area (Å²) in [5.41, 5.74) is 3.65. The Hall–Kier alpha value is -3.49. The fraction of sp³-hybridized carbons (Fsp3) is 0.0476. The van der Waals surface area contributed by atoms with Crippen molar-refractivity contribution in [2.45, 2.75) is 11.4 Å². The van der Waals surface area contributed by atoms with Crippen LogP contribution in [0, 0.1) is 0 Å². The number of nitrogens with zero attached hydrogens (tertiary/aromatic N) is 1. The number of phenols is 1. The first-order valence-electron chi connectivity index (χ1n) is 8.71. The molecule has 0 aliphatic carbocycles. The van der Waals surface area contributed by atoms with E-state index in [0.717, 1.165) is 23.3 Å². The fourth-order valence-electron chi connectivity index (χ4n) is 2.49. The van der Waals surface area contributed by atoms with Gasteiger partial charge < -0.3 is 5.11 Å². The average molecular weight is 409 g/mol. The van der Waals surface area contributed by atoms with Crippen LogP contribution in [-0.2, 0) is 16.6 Å². The first-order chi connectivity index (χ1) is 14.0. The number of phenolic OH excluding ortho intramolecular Hbond substituents is 1. The molecule has 3 N–H and O–H groups in total. The highest BCUT2D eigenvalue weighted by atomic mass is 32.2. The Morgan fingerprint density at radius 3 is 2.31 bits per heavy atom. The van der Waals surface area contributed by atoms with E-state index in [1.54, 1.807) is 24.3 Å². The molecule has 0 saturated carbocycles. The third-order valence-electron chi connectivity index (χ3n) is 4.01. The second-order valence-corrected chi connectivity index (χ2v) is 7.87. The summed E-state index contributed by atoms with van der Waals surface area (Å²) >= 11 is 0. The number of aromatic hydroxyl groups is 1. The quantitative estimate of drug-likeness (QED) is 0.412. The van der Waals surface area contributed by atoms with Gasteiger partial charge in [0, 0.05) is 6.54 Å². The summed E-state index contributed by atoms with van der Waals surface area (Å²) in [4.78, 5) is 12.2. The third kappa shape index (κ3) is 5.50. The molecule has 0 aromatic heterocycles. The van der Waals surface area contributed by atoms with Gasteiger partial charge in [0.2, 0.25) is 10.0 Å². The number of carbonyl (C=O) groups is 1. The lowest BCUT2D eigenvalue weighted by molar-refractivity contribution is 0.0952. The number of nitrogens with one attached hydrogen (secondary N) is 2. The third-order valence-corrected chi connectivity index (χ3v) is 5.41. The van der Waals surface area contributed by atoms with Gasteiger partial charge >= 0.3 is 0 Å². The molecule has 148 valence electrons. The monoisotopic (exact) mass is 409 g/mol. The lowest BCUT2D eigenvalue weighted by atomic mass is 10.2. The van der Waals surface area contributed by atoms with E-state index in [1.807, 2.05) is 36.4 Å². The summed E-state index contributed by atoms with van der Waals surface area (Å²) in [5.74, 6) is -1.07. The Balaban J connectivity index is 1.73. The number of sulfonamides is 1. The molecule has 3 aromatic rings. The molecule has 8 heteroatoms. The van der Waals surface area contributed by atoms with Crippen LogP contribution in [0.3, 0.4) is 0 Å². The van der Waals surface area contributed by atoms with Crippen molar-refractivity contribution in [1.29, 1.82) is 0 Å². The van der Waals surface area contributed by atoms with Crippen molar-refractivity contribution in [3.8, 4) is 5.75 Å². The zero-order chi connectivity index (χ0) is 20.7. The van der Waals surface area contributed by atoms with Crippen LogP contribution in [0.5, 0.6) is 5.75 Å². The van der Waals surface area contributed by atoms with Crippen LogP contribution in [0.1, 0.15) is 21.5 Å². The zero-order valence-electron chi connectivity index (χ0n) is 15.3. The van der Waals surface area contributed by atoms with Gasteiger partial charge in [0.25, 0.3) is 5.91 Å². The number of rotatable bonds is 7. The van der Waals surface area contributed by atoms with E-state index in [1.165, 1.54) is 12.3 Å². The minimum absolute atomic E-state index is 0.104. The number of hydrogen-bond donors (Lipinski definition) is 3. The number of hydrazone groups is 1. The summed E-state index contributed by atoms with van der Waals surface area (Å²) in [6, 6.07) is 21.6. The Morgan fingerprint density at radius 1 is 0.966 bits per heavy atom. The highest BCUT2D eigenvalue weighted by molar-refractivity contribution is 7.89. The smallest absolute Gasteiger partial charge is 0.275 e. The van der Waals surface area contributed by atoms with Crippen molar-refractivity contribution in [3.63, 3.8) is 0 Å². The standard InChI is InChI=1S/C21H19N3O4S/c25-20-12-11-18(29(27,28)23-15-17-9-5-2-6-10-17)13-19(20)21(26)24-22-14-16-7-3-1-4-8-16/h1-14,23,25H,15H2,(H,24,26)/b22-14-. The number of amides is 1. The molecule has 0 aliphatic heterocycles. The summed E-state index contributed by atoms with van der Waals surface area (Å²) in [5, 5.41) is 13.8. The van der Waals surface area contributed by atoms with E-state index in [-0.39, 0.29) is 22.8 Å². The van der Waals surface area contributed by atoms with Gasteiger partial charge in [0.05, 0.1) is 16.7 Å². The Morgan fingerprint density at radius 2 is 1.62 bits per heavy atom. The van der Waals surface area contributed by atoms with Crippen molar-refractivity contribution in [3.05, 3.63) is 95.6 Å². The van der Waals surface area contributed by atoms with E-state index in [9.17, 15) is 18.3 Å². The van der Waals surface area contributed by atoms with E-state index in [0.29, 0.717) is 0 Å². The second-order valence-electron chi connectivity index (χ2n) is 6.10. The molecule has 7 nitrogen and oxygen atoms in total. The predicted molar refractivity (Wildman–Crippen MR) is 110 cm³/mol. The summed E-state index contributed by atoms with van der Waals surface area (Å²) in [7, 11) is -3.87. The highest BCUT2D eigenvalue weighted by Gasteiger charge is 2.19. The second kappa shape index (κ2) is 9.13.